The summed E-state index contributed by atoms with van der Waals surface area (Å²) in [6.07, 6.45) is 4.20. The molecule has 0 saturated heterocycles. The molecule has 0 bridgehead atoms. The van der Waals surface area contributed by atoms with Gasteiger partial charge in [-0.2, -0.15) is 5.26 Å². The van der Waals surface area contributed by atoms with Gasteiger partial charge in [0.05, 0.1) is 5.56 Å². The zero-order valence-corrected chi connectivity index (χ0v) is 14.8. The molecule has 1 aliphatic carbocycles. The van der Waals surface area contributed by atoms with E-state index in [0.717, 1.165) is 42.3 Å². The molecule has 1 aromatic carbocycles. The number of nitrogens with zero attached hydrogens (tertiary/aromatic N) is 2. The first-order valence-electron chi connectivity index (χ1n) is 8.45. The number of fused-ring (bicyclic) bond motifs is 2. The third-order valence-corrected chi connectivity index (χ3v) is 5.60. The summed E-state index contributed by atoms with van der Waals surface area (Å²) in [4.78, 5) is 16.5. The average Bonchev–Trinajstić information content (AvgIpc) is 2.64. The van der Waals surface area contributed by atoms with Crippen LogP contribution in [0.3, 0.4) is 0 Å². The second-order valence-corrected chi connectivity index (χ2v) is 7.29. The van der Waals surface area contributed by atoms with E-state index < -0.39 is 5.63 Å². The number of rotatable bonds is 3. The maximum atomic E-state index is 11.8. The molecule has 3 aromatic rings. The minimum atomic E-state index is -0.461. The normalized spacial score (nSPS) is 13.3. The Labute approximate surface area is 154 Å². The molecular weight excluding hydrogens is 348 g/mol. The Morgan fingerprint density at radius 2 is 2.08 bits per heavy atom. The summed E-state index contributed by atoms with van der Waals surface area (Å²) in [5.41, 5.74) is 3.54. The molecule has 130 valence electrons. The third-order valence-electron chi connectivity index (χ3n) is 4.56. The number of phenolic OH excluding ortho intramolecular Hbond substituents is 1. The molecule has 0 fully saturated rings. The first kappa shape index (κ1) is 16.7. The van der Waals surface area contributed by atoms with E-state index in [1.165, 1.54) is 29.5 Å². The fourth-order valence-electron chi connectivity index (χ4n) is 3.29. The van der Waals surface area contributed by atoms with Gasteiger partial charge in [0.1, 0.15) is 22.4 Å². The zero-order valence-electron chi connectivity index (χ0n) is 14.0. The van der Waals surface area contributed by atoms with E-state index in [4.69, 9.17) is 9.40 Å². The number of phenols is 1. The number of hydrogen-bond donors (Lipinski definition) is 1. The van der Waals surface area contributed by atoms with Gasteiger partial charge in [0.2, 0.25) is 0 Å². The zero-order chi connectivity index (χ0) is 18.1. The van der Waals surface area contributed by atoms with E-state index in [1.54, 1.807) is 12.1 Å². The van der Waals surface area contributed by atoms with Crippen molar-refractivity contribution in [3.8, 4) is 11.8 Å². The number of benzene rings is 1. The highest BCUT2D eigenvalue weighted by Gasteiger charge is 2.16. The smallest absolute Gasteiger partial charge is 0.336 e. The van der Waals surface area contributed by atoms with Crippen LogP contribution in [0.25, 0.3) is 11.0 Å². The molecule has 1 aliphatic rings. The Morgan fingerprint density at radius 3 is 2.92 bits per heavy atom. The molecule has 4 rings (SSSR count). The van der Waals surface area contributed by atoms with Crippen molar-refractivity contribution in [2.75, 3.05) is 0 Å². The van der Waals surface area contributed by atoms with Gasteiger partial charge >= 0.3 is 5.63 Å². The fraction of sp³-hybridized carbons (Fsp3) is 0.250. The highest BCUT2D eigenvalue weighted by Crippen LogP contribution is 2.31. The minimum absolute atomic E-state index is 0.0496. The highest BCUT2D eigenvalue weighted by molar-refractivity contribution is 7.98. The van der Waals surface area contributed by atoms with E-state index in [1.807, 2.05) is 6.07 Å². The van der Waals surface area contributed by atoms with Gasteiger partial charge in [0, 0.05) is 29.0 Å². The number of aromatic nitrogens is 1. The number of pyridine rings is 1. The second-order valence-electron chi connectivity index (χ2n) is 6.33. The number of hydrogen-bond acceptors (Lipinski definition) is 6. The monoisotopic (exact) mass is 364 g/mol. The van der Waals surface area contributed by atoms with Crippen LogP contribution in [-0.4, -0.2) is 10.1 Å². The topological polar surface area (TPSA) is 87.1 Å². The van der Waals surface area contributed by atoms with Crippen molar-refractivity contribution in [2.45, 2.75) is 36.5 Å². The Bertz CT molecular complexity index is 1100. The van der Waals surface area contributed by atoms with Gasteiger partial charge in [0.15, 0.2) is 0 Å². The molecule has 0 unspecified atom stereocenters. The van der Waals surface area contributed by atoms with Gasteiger partial charge in [0.25, 0.3) is 0 Å². The first-order valence-corrected chi connectivity index (χ1v) is 9.44. The lowest BCUT2D eigenvalue weighted by Crippen LogP contribution is -2.07. The van der Waals surface area contributed by atoms with Crippen LogP contribution in [0.4, 0.5) is 0 Å². The fourth-order valence-corrected chi connectivity index (χ4v) is 4.25. The largest absolute Gasteiger partial charge is 0.508 e. The predicted octanol–water partition coefficient (Wildman–Crippen LogP) is 3.94. The van der Waals surface area contributed by atoms with Gasteiger partial charge in [-0.05, 0) is 55.0 Å². The summed E-state index contributed by atoms with van der Waals surface area (Å²) >= 11 is 1.45. The molecule has 5 nitrogen and oxygen atoms in total. The number of thioether (sulfide) groups is 1. The lowest BCUT2D eigenvalue weighted by atomic mass is 9.95. The van der Waals surface area contributed by atoms with Gasteiger partial charge in [-0.3, -0.25) is 0 Å². The molecule has 6 heteroatoms. The van der Waals surface area contributed by atoms with Crippen molar-refractivity contribution in [3.05, 3.63) is 63.1 Å². The maximum absolute atomic E-state index is 11.8. The van der Waals surface area contributed by atoms with Gasteiger partial charge in [-0.15, -0.1) is 11.8 Å². The van der Waals surface area contributed by atoms with Crippen LogP contribution in [0.15, 0.2) is 44.6 Å². The van der Waals surface area contributed by atoms with Crippen molar-refractivity contribution < 1.29 is 9.52 Å². The standard InChI is InChI=1S/C20H16N2O3S/c21-10-13-7-12-3-1-2-4-17(12)22-20(13)26-11-14-8-19(24)25-18-9-15(23)5-6-16(14)18/h5-9,23H,1-4,11H2. The number of aromatic hydroxyl groups is 1. The lowest BCUT2D eigenvalue weighted by Gasteiger charge is -2.16. The maximum Gasteiger partial charge on any atom is 0.336 e. The van der Waals surface area contributed by atoms with Crippen molar-refractivity contribution in [3.63, 3.8) is 0 Å². The molecule has 0 amide bonds. The third kappa shape index (κ3) is 3.18. The van der Waals surface area contributed by atoms with Crippen LogP contribution in [-0.2, 0) is 18.6 Å². The van der Waals surface area contributed by atoms with Crippen molar-refractivity contribution in [1.29, 1.82) is 5.26 Å². The van der Waals surface area contributed by atoms with E-state index in [0.29, 0.717) is 21.9 Å². The molecule has 2 aromatic heterocycles. The van der Waals surface area contributed by atoms with E-state index in [9.17, 15) is 15.2 Å². The number of aryl methyl sites for hydroxylation is 2. The summed E-state index contributed by atoms with van der Waals surface area (Å²) in [6, 6.07) is 10.4. The van der Waals surface area contributed by atoms with Gasteiger partial charge in [-0.25, -0.2) is 9.78 Å². The summed E-state index contributed by atoms with van der Waals surface area (Å²) in [5, 5.41) is 20.5. The van der Waals surface area contributed by atoms with Crippen LogP contribution in [0.1, 0.15) is 35.2 Å². The molecule has 2 heterocycles. The summed E-state index contributed by atoms with van der Waals surface area (Å²) in [5.74, 6) is 0.543. The van der Waals surface area contributed by atoms with Crippen LogP contribution in [0, 0.1) is 11.3 Å². The van der Waals surface area contributed by atoms with Crippen molar-refractivity contribution in [2.24, 2.45) is 0 Å². The van der Waals surface area contributed by atoms with Crippen molar-refractivity contribution in [1.82, 2.24) is 4.98 Å². The van der Waals surface area contributed by atoms with Gasteiger partial charge in [-0.1, -0.05) is 0 Å². The van der Waals surface area contributed by atoms with Crippen LogP contribution in [0.2, 0.25) is 0 Å². The van der Waals surface area contributed by atoms with Crippen LogP contribution >= 0.6 is 11.8 Å². The van der Waals surface area contributed by atoms with Crippen LogP contribution in [0.5, 0.6) is 5.75 Å². The Morgan fingerprint density at radius 1 is 1.23 bits per heavy atom. The average molecular weight is 364 g/mol. The lowest BCUT2D eigenvalue weighted by molar-refractivity contribution is 0.473. The van der Waals surface area contributed by atoms with E-state index >= 15 is 0 Å². The Kier molecular flexibility index (Phi) is 4.39. The number of nitriles is 1. The first-order chi connectivity index (χ1) is 12.6. The quantitative estimate of drug-likeness (QED) is 0.559. The molecule has 0 aliphatic heterocycles. The summed E-state index contributed by atoms with van der Waals surface area (Å²) in [7, 11) is 0. The SMILES string of the molecule is N#Cc1cc2c(nc1SCc1cc(=O)oc3cc(O)ccc13)CCCC2. The highest BCUT2D eigenvalue weighted by atomic mass is 32.2. The van der Waals surface area contributed by atoms with Crippen LogP contribution < -0.4 is 5.63 Å². The van der Waals surface area contributed by atoms with E-state index in [-0.39, 0.29) is 5.75 Å². The molecule has 0 spiro atoms. The van der Waals surface area contributed by atoms with E-state index in [2.05, 4.69) is 6.07 Å². The van der Waals surface area contributed by atoms with Gasteiger partial charge < -0.3 is 9.52 Å². The summed E-state index contributed by atoms with van der Waals surface area (Å²) in [6.45, 7) is 0. The minimum Gasteiger partial charge on any atom is -0.508 e. The Balaban J connectivity index is 1.69. The molecule has 0 saturated carbocycles. The summed E-state index contributed by atoms with van der Waals surface area (Å²) < 4.78 is 5.16. The predicted molar refractivity (Wildman–Crippen MR) is 99.3 cm³/mol. The second kappa shape index (κ2) is 6.85. The molecule has 1 N–H and O–H groups in total. The molecule has 0 radical (unpaired) electrons. The Hall–Kier alpha value is -2.78. The molecule has 26 heavy (non-hydrogen) atoms. The molecular formula is C20H16N2O3S. The van der Waals surface area contributed by atoms with Crippen molar-refractivity contribution >= 4 is 22.7 Å². The molecule has 0 atom stereocenters.